The Morgan fingerprint density at radius 2 is 1.55 bits per heavy atom. The standard InChI is InChI=1S/C22H28/c1-16(2)19-14-13-17(3)15-22(19)21-12-8-7-11-20(21)18-9-5-4-6-10-18/h4-12,16-17,19,22H,13-15H2,1-3H3. The summed E-state index contributed by atoms with van der Waals surface area (Å²) < 4.78 is 0. The summed E-state index contributed by atoms with van der Waals surface area (Å²) in [6.45, 7) is 7.23. The van der Waals surface area contributed by atoms with Crippen molar-refractivity contribution in [3.05, 3.63) is 60.2 Å². The minimum absolute atomic E-state index is 0.708. The highest BCUT2D eigenvalue weighted by molar-refractivity contribution is 5.68. The van der Waals surface area contributed by atoms with Crippen molar-refractivity contribution in [3.63, 3.8) is 0 Å². The molecule has 0 nitrogen and oxygen atoms in total. The van der Waals surface area contributed by atoms with Gasteiger partial charge in [-0.05, 0) is 53.2 Å². The molecule has 0 N–H and O–H groups in total. The molecular weight excluding hydrogens is 264 g/mol. The summed E-state index contributed by atoms with van der Waals surface area (Å²) in [4.78, 5) is 0. The summed E-state index contributed by atoms with van der Waals surface area (Å²) >= 11 is 0. The zero-order valence-electron chi connectivity index (χ0n) is 14.1. The van der Waals surface area contributed by atoms with Crippen LogP contribution in [0.25, 0.3) is 11.1 Å². The van der Waals surface area contributed by atoms with Crippen LogP contribution in [0.2, 0.25) is 0 Å². The highest BCUT2D eigenvalue weighted by Crippen LogP contribution is 2.46. The molecule has 3 unspecified atom stereocenters. The summed E-state index contributed by atoms with van der Waals surface area (Å²) in [6, 6.07) is 20.0. The third kappa shape index (κ3) is 3.11. The van der Waals surface area contributed by atoms with Crippen molar-refractivity contribution in [2.45, 2.75) is 46.0 Å². The Labute approximate surface area is 135 Å². The summed E-state index contributed by atoms with van der Waals surface area (Å²) in [7, 11) is 0. The van der Waals surface area contributed by atoms with Gasteiger partial charge in [-0.2, -0.15) is 0 Å². The summed E-state index contributed by atoms with van der Waals surface area (Å²) in [5.74, 6) is 3.14. The highest BCUT2D eigenvalue weighted by Gasteiger charge is 2.32. The quantitative estimate of drug-likeness (QED) is 0.603. The van der Waals surface area contributed by atoms with Crippen molar-refractivity contribution in [1.29, 1.82) is 0 Å². The van der Waals surface area contributed by atoms with Crippen LogP contribution in [-0.4, -0.2) is 0 Å². The molecule has 0 spiro atoms. The molecule has 0 bridgehead atoms. The Kier molecular flexibility index (Phi) is 4.66. The SMILES string of the molecule is CC1CCC(C(C)C)C(c2ccccc2-c2ccccc2)C1. The molecule has 0 heteroatoms. The van der Waals surface area contributed by atoms with E-state index in [0.29, 0.717) is 5.92 Å². The van der Waals surface area contributed by atoms with Crippen molar-refractivity contribution < 1.29 is 0 Å². The molecule has 0 radical (unpaired) electrons. The normalized spacial score (nSPS) is 25.4. The van der Waals surface area contributed by atoms with Gasteiger partial charge in [-0.15, -0.1) is 0 Å². The zero-order valence-corrected chi connectivity index (χ0v) is 14.1. The molecule has 22 heavy (non-hydrogen) atoms. The smallest absolute Gasteiger partial charge is 0.0122 e. The van der Waals surface area contributed by atoms with Crippen LogP contribution in [0, 0.1) is 17.8 Å². The van der Waals surface area contributed by atoms with E-state index >= 15 is 0 Å². The molecule has 1 fully saturated rings. The molecule has 0 aliphatic heterocycles. The van der Waals surface area contributed by atoms with E-state index in [2.05, 4.69) is 75.4 Å². The van der Waals surface area contributed by atoms with Gasteiger partial charge in [-0.25, -0.2) is 0 Å². The Morgan fingerprint density at radius 3 is 2.27 bits per heavy atom. The third-order valence-electron chi connectivity index (χ3n) is 5.47. The largest absolute Gasteiger partial charge is 0.0625 e. The second-order valence-electron chi connectivity index (χ2n) is 7.39. The van der Waals surface area contributed by atoms with E-state index in [1.54, 1.807) is 5.56 Å². The second-order valence-corrected chi connectivity index (χ2v) is 7.39. The zero-order chi connectivity index (χ0) is 15.5. The van der Waals surface area contributed by atoms with Gasteiger partial charge in [0.2, 0.25) is 0 Å². The Balaban J connectivity index is 2.03. The van der Waals surface area contributed by atoms with Gasteiger partial charge in [0.1, 0.15) is 0 Å². The highest BCUT2D eigenvalue weighted by atomic mass is 14.4. The first kappa shape index (κ1) is 15.3. The topological polar surface area (TPSA) is 0 Å². The number of hydrogen-bond acceptors (Lipinski definition) is 0. The molecule has 3 rings (SSSR count). The molecular formula is C22H28. The molecule has 2 aromatic rings. The molecule has 0 saturated heterocycles. The first-order valence-electron chi connectivity index (χ1n) is 8.81. The van der Waals surface area contributed by atoms with Crippen molar-refractivity contribution in [2.75, 3.05) is 0 Å². The van der Waals surface area contributed by atoms with E-state index in [0.717, 1.165) is 17.8 Å². The van der Waals surface area contributed by atoms with E-state index in [9.17, 15) is 0 Å². The van der Waals surface area contributed by atoms with E-state index in [1.165, 1.54) is 30.4 Å². The predicted octanol–water partition coefficient (Wildman–Crippen LogP) is 6.53. The predicted molar refractivity (Wildman–Crippen MR) is 96.0 cm³/mol. The maximum Gasteiger partial charge on any atom is -0.0122 e. The van der Waals surface area contributed by atoms with Crippen molar-refractivity contribution in [3.8, 4) is 11.1 Å². The average Bonchev–Trinajstić information content (AvgIpc) is 2.55. The molecule has 0 aromatic heterocycles. The van der Waals surface area contributed by atoms with Gasteiger partial charge in [0, 0.05) is 0 Å². The maximum absolute atomic E-state index is 2.43. The van der Waals surface area contributed by atoms with Crippen LogP contribution in [0.1, 0.15) is 51.5 Å². The van der Waals surface area contributed by atoms with E-state index < -0.39 is 0 Å². The third-order valence-corrected chi connectivity index (χ3v) is 5.47. The van der Waals surface area contributed by atoms with Crippen LogP contribution in [-0.2, 0) is 0 Å². The fourth-order valence-electron chi connectivity index (χ4n) is 4.26. The molecule has 1 aliphatic carbocycles. The first-order valence-corrected chi connectivity index (χ1v) is 8.81. The van der Waals surface area contributed by atoms with Crippen LogP contribution in [0.5, 0.6) is 0 Å². The monoisotopic (exact) mass is 292 g/mol. The van der Waals surface area contributed by atoms with Crippen molar-refractivity contribution in [1.82, 2.24) is 0 Å². The first-order chi connectivity index (χ1) is 10.7. The summed E-state index contributed by atoms with van der Waals surface area (Å²) in [6.07, 6.45) is 4.12. The molecule has 0 amide bonds. The minimum Gasteiger partial charge on any atom is -0.0625 e. The van der Waals surface area contributed by atoms with E-state index in [4.69, 9.17) is 0 Å². The minimum atomic E-state index is 0.708. The molecule has 116 valence electrons. The lowest BCUT2D eigenvalue weighted by Crippen LogP contribution is -2.26. The maximum atomic E-state index is 2.43. The summed E-state index contributed by atoms with van der Waals surface area (Å²) in [5, 5.41) is 0. The Hall–Kier alpha value is -1.56. The van der Waals surface area contributed by atoms with Crippen LogP contribution >= 0.6 is 0 Å². The van der Waals surface area contributed by atoms with Crippen LogP contribution in [0.15, 0.2) is 54.6 Å². The Morgan fingerprint density at radius 1 is 0.864 bits per heavy atom. The lowest BCUT2D eigenvalue weighted by molar-refractivity contribution is 0.197. The lowest BCUT2D eigenvalue weighted by atomic mass is 9.66. The van der Waals surface area contributed by atoms with E-state index in [-0.39, 0.29) is 0 Å². The molecule has 3 atom stereocenters. The summed E-state index contributed by atoms with van der Waals surface area (Å²) in [5.41, 5.74) is 4.37. The second kappa shape index (κ2) is 6.69. The lowest BCUT2D eigenvalue weighted by Gasteiger charge is -2.38. The van der Waals surface area contributed by atoms with E-state index in [1.807, 2.05) is 0 Å². The Bertz CT molecular complexity index is 596. The molecule has 0 heterocycles. The van der Waals surface area contributed by atoms with Crippen molar-refractivity contribution >= 4 is 0 Å². The van der Waals surface area contributed by atoms with Crippen LogP contribution < -0.4 is 0 Å². The average molecular weight is 292 g/mol. The number of rotatable bonds is 3. The van der Waals surface area contributed by atoms with Gasteiger partial charge in [-0.1, -0.05) is 81.8 Å². The molecule has 2 aromatic carbocycles. The van der Waals surface area contributed by atoms with Crippen LogP contribution in [0.3, 0.4) is 0 Å². The van der Waals surface area contributed by atoms with Gasteiger partial charge in [-0.3, -0.25) is 0 Å². The van der Waals surface area contributed by atoms with Gasteiger partial charge >= 0.3 is 0 Å². The fraction of sp³-hybridized carbons (Fsp3) is 0.455. The molecule has 1 saturated carbocycles. The molecule has 1 aliphatic rings. The van der Waals surface area contributed by atoms with Gasteiger partial charge in [0.15, 0.2) is 0 Å². The van der Waals surface area contributed by atoms with Crippen LogP contribution in [0.4, 0.5) is 0 Å². The number of hydrogen-bond donors (Lipinski definition) is 0. The number of benzene rings is 2. The van der Waals surface area contributed by atoms with Crippen molar-refractivity contribution in [2.24, 2.45) is 17.8 Å². The fourth-order valence-corrected chi connectivity index (χ4v) is 4.26. The van der Waals surface area contributed by atoms with Gasteiger partial charge in [0.05, 0.1) is 0 Å². The van der Waals surface area contributed by atoms with Gasteiger partial charge < -0.3 is 0 Å². The van der Waals surface area contributed by atoms with Gasteiger partial charge in [0.25, 0.3) is 0 Å².